The van der Waals surface area contributed by atoms with Crippen LogP contribution in [-0.4, -0.2) is 24.9 Å². The van der Waals surface area contributed by atoms with E-state index in [1.165, 1.54) is 0 Å². The van der Waals surface area contributed by atoms with E-state index in [0.29, 0.717) is 24.4 Å². The molecule has 2 aromatic carbocycles. The van der Waals surface area contributed by atoms with Crippen molar-refractivity contribution in [3.05, 3.63) is 65.2 Å². The monoisotopic (exact) mass is 401 g/mol. The summed E-state index contributed by atoms with van der Waals surface area (Å²) >= 11 is 0. The van der Waals surface area contributed by atoms with Crippen LogP contribution in [0.4, 0.5) is 5.69 Å². The van der Waals surface area contributed by atoms with Crippen molar-refractivity contribution in [3.8, 4) is 0 Å². The molecular formula is C22H28ClN3O2. The van der Waals surface area contributed by atoms with Crippen LogP contribution >= 0.6 is 12.4 Å². The highest BCUT2D eigenvalue weighted by atomic mass is 35.5. The molecule has 3 rings (SSSR count). The van der Waals surface area contributed by atoms with Gasteiger partial charge in [0.15, 0.2) is 0 Å². The van der Waals surface area contributed by atoms with Gasteiger partial charge in [-0.05, 0) is 68.6 Å². The average molecular weight is 402 g/mol. The molecule has 1 aliphatic heterocycles. The number of aryl methyl sites for hydroxylation is 1. The van der Waals surface area contributed by atoms with Gasteiger partial charge in [0.05, 0.1) is 0 Å². The molecule has 5 nitrogen and oxygen atoms in total. The first kappa shape index (κ1) is 21.9. The molecule has 1 heterocycles. The number of halogens is 1. The fraction of sp³-hybridized carbons (Fsp3) is 0.364. The van der Waals surface area contributed by atoms with Crippen molar-refractivity contribution >= 4 is 29.9 Å². The highest BCUT2D eigenvalue weighted by Gasteiger charge is 2.15. The van der Waals surface area contributed by atoms with Crippen molar-refractivity contribution in [1.82, 2.24) is 10.6 Å². The largest absolute Gasteiger partial charge is 0.352 e. The maximum Gasteiger partial charge on any atom is 0.255 e. The summed E-state index contributed by atoms with van der Waals surface area (Å²) in [5.41, 5.74) is 3.44. The molecule has 0 bridgehead atoms. The van der Waals surface area contributed by atoms with Gasteiger partial charge < -0.3 is 16.0 Å². The first-order valence-electron chi connectivity index (χ1n) is 9.54. The van der Waals surface area contributed by atoms with Crippen molar-refractivity contribution in [1.29, 1.82) is 0 Å². The number of carbonyl (C=O) groups is 2. The maximum absolute atomic E-state index is 12.3. The zero-order valence-electron chi connectivity index (χ0n) is 16.2. The van der Waals surface area contributed by atoms with Gasteiger partial charge >= 0.3 is 0 Å². The molecule has 1 aliphatic rings. The molecule has 0 aromatic heterocycles. The molecule has 2 aromatic rings. The van der Waals surface area contributed by atoms with Gasteiger partial charge in [0.1, 0.15) is 0 Å². The Morgan fingerprint density at radius 2 is 1.93 bits per heavy atom. The SMILES string of the molecule is Cc1ccc(C(=O)Nc2cccc(CNC(=O)CCC3CCNC3)c2)cc1.Cl. The van der Waals surface area contributed by atoms with Gasteiger partial charge in [0.2, 0.25) is 5.91 Å². The van der Waals surface area contributed by atoms with E-state index in [1.54, 1.807) is 0 Å². The summed E-state index contributed by atoms with van der Waals surface area (Å²) in [6.45, 7) is 4.55. The minimum absolute atomic E-state index is 0. The van der Waals surface area contributed by atoms with Crippen LogP contribution in [0.5, 0.6) is 0 Å². The Hall–Kier alpha value is -2.37. The molecule has 28 heavy (non-hydrogen) atoms. The highest BCUT2D eigenvalue weighted by Crippen LogP contribution is 2.15. The van der Waals surface area contributed by atoms with Crippen LogP contribution in [0.15, 0.2) is 48.5 Å². The Balaban J connectivity index is 0.00000280. The zero-order chi connectivity index (χ0) is 19.1. The Kier molecular flexibility index (Phi) is 8.48. The Bertz CT molecular complexity index is 787. The second-order valence-corrected chi connectivity index (χ2v) is 7.19. The number of anilines is 1. The van der Waals surface area contributed by atoms with Gasteiger partial charge in [-0.1, -0.05) is 29.8 Å². The van der Waals surface area contributed by atoms with Crippen molar-refractivity contribution in [2.45, 2.75) is 32.7 Å². The van der Waals surface area contributed by atoms with E-state index >= 15 is 0 Å². The number of hydrogen-bond acceptors (Lipinski definition) is 3. The van der Waals surface area contributed by atoms with Gasteiger partial charge in [-0.3, -0.25) is 9.59 Å². The summed E-state index contributed by atoms with van der Waals surface area (Å²) in [7, 11) is 0. The second-order valence-electron chi connectivity index (χ2n) is 7.19. The van der Waals surface area contributed by atoms with Crippen LogP contribution in [-0.2, 0) is 11.3 Å². The van der Waals surface area contributed by atoms with Crippen molar-refractivity contribution < 1.29 is 9.59 Å². The molecule has 3 N–H and O–H groups in total. The minimum atomic E-state index is -0.138. The lowest BCUT2D eigenvalue weighted by molar-refractivity contribution is -0.121. The molecule has 0 aliphatic carbocycles. The normalized spacial score (nSPS) is 15.5. The molecule has 0 spiro atoms. The quantitative estimate of drug-likeness (QED) is 0.662. The first-order chi connectivity index (χ1) is 13.1. The van der Waals surface area contributed by atoms with Crippen LogP contribution in [0, 0.1) is 12.8 Å². The first-order valence-corrected chi connectivity index (χ1v) is 9.54. The minimum Gasteiger partial charge on any atom is -0.352 e. The van der Waals surface area contributed by atoms with Crippen LogP contribution in [0.1, 0.15) is 40.7 Å². The summed E-state index contributed by atoms with van der Waals surface area (Å²) in [5, 5.41) is 9.20. The van der Waals surface area contributed by atoms with Gasteiger partial charge in [-0.2, -0.15) is 0 Å². The smallest absolute Gasteiger partial charge is 0.255 e. The lowest BCUT2D eigenvalue weighted by Gasteiger charge is -2.10. The van der Waals surface area contributed by atoms with Crippen LogP contribution < -0.4 is 16.0 Å². The number of nitrogens with one attached hydrogen (secondary N) is 3. The fourth-order valence-corrected chi connectivity index (χ4v) is 3.25. The number of benzene rings is 2. The molecule has 1 fully saturated rings. The van der Waals surface area contributed by atoms with Crippen LogP contribution in [0.25, 0.3) is 0 Å². The van der Waals surface area contributed by atoms with E-state index in [-0.39, 0.29) is 24.2 Å². The molecule has 2 amide bonds. The third-order valence-electron chi connectivity index (χ3n) is 4.93. The highest BCUT2D eigenvalue weighted by molar-refractivity contribution is 6.04. The van der Waals surface area contributed by atoms with Gasteiger partial charge in [-0.25, -0.2) is 0 Å². The summed E-state index contributed by atoms with van der Waals surface area (Å²) in [6, 6.07) is 15.0. The average Bonchev–Trinajstić information content (AvgIpc) is 3.19. The summed E-state index contributed by atoms with van der Waals surface area (Å²) in [4.78, 5) is 24.4. The standard InChI is InChI=1S/C22H27N3O2.ClH/c1-16-5-8-19(9-6-16)22(27)25-20-4-2-3-18(13-20)15-24-21(26)10-7-17-11-12-23-14-17;/h2-6,8-9,13,17,23H,7,10-12,14-15H2,1H3,(H,24,26)(H,25,27);1H. The molecule has 150 valence electrons. The van der Waals surface area contributed by atoms with Crippen molar-refractivity contribution in [2.24, 2.45) is 5.92 Å². The van der Waals surface area contributed by atoms with E-state index in [9.17, 15) is 9.59 Å². The maximum atomic E-state index is 12.3. The predicted molar refractivity (Wildman–Crippen MR) is 115 cm³/mol. The lowest BCUT2D eigenvalue weighted by Crippen LogP contribution is -2.23. The number of carbonyl (C=O) groups excluding carboxylic acids is 2. The predicted octanol–water partition coefficient (Wildman–Crippen LogP) is 3.68. The van der Waals surface area contributed by atoms with Crippen molar-refractivity contribution in [2.75, 3.05) is 18.4 Å². The Labute approximate surface area is 172 Å². The van der Waals surface area contributed by atoms with E-state index < -0.39 is 0 Å². The molecule has 0 radical (unpaired) electrons. The number of hydrogen-bond donors (Lipinski definition) is 3. The van der Waals surface area contributed by atoms with E-state index in [4.69, 9.17) is 0 Å². The molecule has 1 atom stereocenters. The summed E-state index contributed by atoms with van der Waals surface area (Å²) in [6.07, 6.45) is 2.66. The Morgan fingerprint density at radius 3 is 2.64 bits per heavy atom. The zero-order valence-corrected chi connectivity index (χ0v) is 17.0. The number of rotatable bonds is 7. The van der Waals surface area contributed by atoms with Gasteiger partial charge in [0, 0.05) is 24.2 Å². The number of amides is 2. The van der Waals surface area contributed by atoms with E-state index in [2.05, 4.69) is 16.0 Å². The third kappa shape index (κ3) is 6.66. The fourth-order valence-electron chi connectivity index (χ4n) is 3.25. The molecular weight excluding hydrogens is 374 g/mol. The molecule has 6 heteroatoms. The second kappa shape index (κ2) is 10.8. The lowest BCUT2D eigenvalue weighted by atomic mass is 10.0. The summed E-state index contributed by atoms with van der Waals surface area (Å²) < 4.78 is 0. The molecule has 1 saturated heterocycles. The van der Waals surface area contributed by atoms with Crippen molar-refractivity contribution in [3.63, 3.8) is 0 Å². The van der Waals surface area contributed by atoms with Gasteiger partial charge in [-0.15, -0.1) is 12.4 Å². The molecule has 0 saturated carbocycles. The summed E-state index contributed by atoms with van der Waals surface area (Å²) in [5.74, 6) is 0.563. The van der Waals surface area contributed by atoms with E-state index in [1.807, 2.05) is 55.5 Å². The van der Waals surface area contributed by atoms with Gasteiger partial charge in [0.25, 0.3) is 5.91 Å². The van der Waals surface area contributed by atoms with Crippen LogP contribution in [0.2, 0.25) is 0 Å². The topological polar surface area (TPSA) is 70.2 Å². The van der Waals surface area contributed by atoms with Crippen LogP contribution in [0.3, 0.4) is 0 Å². The Morgan fingerprint density at radius 1 is 1.14 bits per heavy atom. The van der Waals surface area contributed by atoms with E-state index in [0.717, 1.165) is 42.7 Å². The molecule has 1 unspecified atom stereocenters. The third-order valence-corrected chi connectivity index (χ3v) is 4.93.